The fourth-order valence-corrected chi connectivity index (χ4v) is 4.75. The molecule has 0 aromatic heterocycles. The van der Waals surface area contributed by atoms with Gasteiger partial charge in [0.25, 0.3) is 10.1 Å². The number of amides is 1. The van der Waals surface area contributed by atoms with Crippen molar-refractivity contribution in [3.63, 3.8) is 0 Å². The number of hydrogen-bond acceptors (Lipinski definition) is 6. The average Bonchev–Trinajstić information content (AvgIpc) is 2.72. The first-order valence-electron chi connectivity index (χ1n) is 10.6. The van der Waals surface area contributed by atoms with E-state index in [9.17, 15) is 13.2 Å². The molecule has 0 saturated heterocycles. The number of benzene rings is 1. The van der Waals surface area contributed by atoms with Crippen LogP contribution >= 0.6 is 0 Å². The Kier molecular flexibility index (Phi) is 9.48. The first kappa shape index (κ1) is 24.5. The van der Waals surface area contributed by atoms with Gasteiger partial charge >= 0.3 is 0 Å². The van der Waals surface area contributed by atoms with Gasteiger partial charge in [-0.1, -0.05) is 44.2 Å². The average molecular weight is 439 g/mol. The second kappa shape index (κ2) is 11.6. The summed E-state index contributed by atoms with van der Waals surface area (Å²) >= 11 is 0. The summed E-state index contributed by atoms with van der Waals surface area (Å²) in [4.78, 5) is 11.7. The lowest BCUT2D eigenvalue weighted by molar-refractivity contribution is -0.121. The van der Waals surface area contributed by atoms with Crippen molar-refractivity contribution in [3.05, 3.63) is 46.9 Å². The van der Waals surface area contributed by atoms with Crippen molar-refractivity contribution in [1.29, 1.82) is 0 Å². The number of carbonyl (C=O) groups is 1. The Morgan fingerprint density at radius 1 is 1.23 bits per heavy atom. The number of nitrogens with two attached hydrogens (primary N) is 1. The van der Waals surface area contributed by atoms with E-state index in [0.29, 0.717) is 6.42 Å². The largest absolute Gasteiger partial charge is 0.369 e. The molecule has 1 aliphatic carbocycles. The molecular formula is C22H34N2O5S. The smallest absolute Gasteiger partial charge is 0.292 e. The lowest BCUT2D eigenvalue weighted by Gasteiger charge is -2.36. The summed E-state index contributed by atoms with van der Waals surface area (Å²) in [5, 5.41) is 2.81. The van der Waals surface area contributed by atoms with Gasteiger partial charge in [0.15, 0.2) is 0 Å². The molecule has 0 bridgehead atoms. The number of nitrogens with one attached hydrogen (secondary N) is 1. The third kappa shape index (κ3) is 7.19. The van der Waals surface area contributed by atoms with E-state index in [-0.39, 0.29) is 29.9 Å². The summed E-state index contributed by atoms with van der Waals surface area (Å²) in [6.07, 6.45) is 3.85. The Balaban J connectivity index is 2.08. The topological polar surface area (TPSA) is 108 Å². The third-order valence-electron chi connectivity index (χ3n) is 5.24. The molecule has 1 aliphatic rings. The maximum absolute atomic E-state index is 12.8. The first-order chi connectivity index (χ1) is 14.3. The molecule has 1 aromatic rings. The highest BCUT2D eigenvalue weighted by molar-refractivity contribution is 7.90. The van der Waals surface area contributed by atoms with E-state index in [0.717, 1.165) is 24.8 Å². The van der Waals surface area contributed by atoms with Crippen LogP contribution in [0.25, 0.3) is 0 Å². The van der Waals surface area contributed by atoms with E-state index >= 15 is 0 Å². The zero-order valence-corrected chi connectivity index (χ0v) is 18.9. The summed E-state index contributed by atoms with van der Waals surface area (Å²) in [6, 6.07) is 8.77. The molecule has 3 N–H and O–H groups in total. The number of aryl methyl sites for hydroxylation is 1. The van der Waals surface area contributed by atoms with E-state index in [1.165, 1.54) is 6.92 Å². The molecule has 0 radical (unpaired) electrons. The molecule has 168 valence electrons. The lowest BCUT2D eigenvalue weighted by atomic mass is 9.93. The van der Waals surface area contributed by atoms with Crippen molar-refractivity contribution in [1.82, 2.24) is 5.32 Å². The maximum Gasteiger partial charge on any atom is 0.292 e. The van der Waals surface area contributed by atoms with Crippen molar-refractivity contribution in [2.24, 2.45) is 5.73 Å². The van der Waals surface area contributed by atoms with Crippen molar-refractivity contribution >= 4 is 16.0 Å². The van der Waals surface area contributed by atoms with Crippen LogP contribution in [0.5, 0.6) is 0 Å². The van der Waals surface area contributed by atoms with Crippen molar-refractivity contribution in [2.75, 3.05) is 6.61 Å². The maximum atomic E-state index is 12.8. The lowest BCUT2D eigenvalue weighted by Crippen LogP contribution is -2.57. The quantitative estimate of drug-likeness (QED) is 0.406. The second-order valence-electron chi connectivity index (χ2n) is 7.63. The molecule has 0 aliphatic heterocycles. The van der Waals surface area contributed by atoms with Gasteiger partial charge in [-0.05, 0) is 37.3 Å². The van der Waals surface area contributed by atoms with Gasteiger partial charge in [0, 0.05) is 19.4 Å². The number of carbonyl (C=O) groups excluding carboxylic acids is 1. The van der Waals surface area contributed by atoms with Crippen LogP contribution in [0.4, 0.5) is 0 Å². The van der Waals surface area contributed by atoms with Crippen LogP contribution in [0, 0.1) is 0 Å². The zero-order chi connectivity index (χ0) is 22.1. The summed E-state index contributed by atoms with van der Waals surface area (Å²) in [5.74, 6) is -0.231. The standard InChI is InChI=1S/C22H34N2O5S/c1-4-18(5-2)29-21-15-19(14-20(23)22(21)24-16(3)25)30(26,27)28-13-9-12-17-10-7-6-8-11-17/h6-8,10-11,15,18,20-22H,4-5,9,12-14,23H2,1-3H3,(H,24,25)/t20-,21+,22+/m0/s1. The molecule has 30 heavy (non-hydrogen) atoms. The fraction of sp³-hybridized carbons (Fsp3) is 0.591. The normalized spacial score (nSPS) is 22.0. The summed E-state index contributed by atoms with van der Waals surface area (Å²) in [7, 11) is -3.92. The van der Waals surface area contributed by atoms with Gasteiger partial charge in [-0.25, -0.2) is 0 Å². The van der Waals surface area contributed by atoms with E-state index in [1.54, 1.807) is 6.08 Å². The van der Waals surface area contributed by atoms with Gasteiger partial charge in [0.05, 0.1) is 29.8 Å². The minimum absolute atomic E-state index is 0.0523. The van der Waals surface area contributed by atoms with Gasteiger partial charge in [-0.2, -0.15) is 8.42 Å². The predicted octanol–water partition coefficient (Wildman–Crippen LogP) is 2.66. The van der Waals surface area contributed by atoms with Crippen LogP contribution in [-0.2, 0) is 30.3 Å². The second-order valence-corrected chi connectivity index (χ2v) is 9.30. The van der Waals surface area contributed by atoms with Gasteiger partial charge < -0.3 is 15.8 Å². The molecule has 7 nitrogen and oxygen atoms in total. The minimum atomic E-state index is -3.92. The molecular weight excluding hydrogens is 404 g/mol. The molecule has 1 amide bonds. The number of rotatable bonds is 11. The summed E-state index contributed by atoms with van der Waals surface area (Å²) < 4.78 is 36.9. The molecule has 2 rings (SSSR count). The van der Waals surface area contributed by atoms with Gasteiger partial charge in [-0.15, -0.1) is 0 Å². The van der Waals surface area contributed by atoms with Crippen LogP contribution in [0.15, 0.2) is 41.3 Å². The van der Waals surface area contributed by atoms with E-state index < -0.39 is 28.3 Å². The van der Waals surface area contributed by atoms with Crippen LogP contribution in [-0.4, -0.2) is 45.2 Å². The summed E-state index contributed by atoms with van der Waals surface area (Å²) in [6.45, 7) is 5.51. The van der Waals surface area contributed by atoms with Crippen LogP contribution < -0.4 is 11.1 Å². The Morgan fingerprint density at radius 3 is 2.50 bits per heavy atom. The molecule has 1 aromatic carbocycles. The van der Waals surface area contributed by atoms with Gasteiger partial charge in [-0.3, -0.25) is 8.98 Å². The van der Waals surface area contributed by atoms with Crippen molar-refractivity contribution in [3.8, 4) is 0 Å². The molecule has 0 spiro atoms. The molecule has 3 atom stereocenters. The van der Waals surface area contributed by atoms with Gasteiger partial charge in [0.1, 0.15) is 0 Å². The Labute approximate surface area is 180 Å². The molecule has 0 saturated carbocycles. The van der Waals surface area contributed by atoms with E-state index in [2.05, 4.69) is 5.32 Å². The zero-order valence-electron chi connectivity index (χ0n) is 18.0. The Hall–Kier alpha value is -1.74. The van der Waals surface area contributed by atoms with Crippen molar-refractivity contribution in [2.45, 2.75) is 77.2 Å². The Bertz CT molecular complexity index is 806. The number of ether oxygens (including phenoxy) is 1. The first-order valence-corrected chi connectivity index (χ1v) is 12.0. The molecule has 8 heteroatoms. The number of hydrogen-bond donors (Lipinski definition) is 2. The summed E-state index contributed by atoms with van der Waals surface area (Å²) in [5.41, 5.74) is 7.37. The van der Waals surface area contributed by atoms with Crippen LogP contribution in [0.2, 0.25) is 0 Å². The van der Waals surface area contributed by atoms with Gasteiger partial charge in [0.2, 0.25) is 5.91 Å². The van der Waals surface area contributed by atoms with Crippen LogP contribution in [0.3, 0.4) is 0 Å². The minimum Gasteiger partial charge on any atom is -0.369 e. The van der Waals surface area contributed by atoms with E-state index in [4.69, 9.17) is 14.7 Å². The molecule has 0 unspecified atom stereocenters. The van der Waals surface area contributed by atoms with Crippen LogP contribution in [0.1, 0.15) is 52.0 Å². The third-order valence-corrected chi connectivity index (χ3v) is 6.67. The highest BCUT2D eigenvalue weighted by atomic mass is 32.2. The molecule has 0 heterocycles. The monoisotopic (exact) mass is 438 g/mol. The van der Waals surface area contributed by atoms with E-state index in [1.807, 2.05) is 44.2 Å². The fourth-order valence-electron chi connectivity index (χ4n) is 3.56. The Morgan fingerprint density at radius 2 is 1.90 bits per heavy atom. The molecule has 0 fully saturated rings. The highest BCUT2D eigenvalue weighted by Gasteiger charge is 2.37. The predicted molar refractivity (Wildman–Crippen MR) is 117 cm³/mol. The highest BCUT2D eigenvalue weighted by Crippen LogP contribution is 2.27. The van der Waals surface area contributed by atoms with Crippen molar-refractivity contribution < 1.29 is 22.1 Å². The SMILES string of the molecule is CCC(CC)O[C@@H]1C=C(S(=O)(=O)OCCCc2ccccc2)C[C@H](N)[C@H]1NC(C)=O.